The van der Waals surface area contributed by atoms with Gasteiger partial charge in [-0.1, -0.05) is 30.3 Å². The lowest BCUT2D eigenvalue weighted by atomic mass is 9.58. The van der Waals surface area contributed by atoms with Crippen LogP contribution in [0.1, 0.15) is 11.5 Å². The third kappa shape index (κ3) is 1.98. The summed E-state index contributed by atoms with van der Waals surface area (Å²) in [5, 5.41) is 49.0. The van der Waals surface area contributed by atoms with E-state index < -0.39 is 35.9 Å². The molecule has 1 fully saturated rings. The quantitative estimate of drug-likeness (QED) is 0.409. The topological polar surface area (TPSA) is 118 Å². The Labute approximate surface area is 109 Å². The molecule has 1 aromatic carbocycles. The van der Waals surface area contributed by atoms with Crippen molar-refractivity contribution in [1.82, 2.24) is 0 Å². The molecule has 1 aromatic rings. The Morgan fingerprint density at radius 3 is 2.26 bits per heavy atom. The van der Waals surface area contributed by atoms with Crippen LogP contribution < -0.4 is 0 Å². The highest BCUT2D eigenvalue weighted by Crippen LogP contribution is 2.48. The molecule has 0 aliphatic heterocycles. The van der Waals surface area contributed by atoms with E-state index in [0.29, 0.717) is 5.56 Å². The van der Waals surface area contributed by atoms with E-state index in [1.165, 1.54) is 0 Å². The zero-order valence-corrected chi connectivity index (χ0v) is 10.00. The van der Waals surface area contributed by atoms with Gasteiger partial charge in [0.25, 0.3) is 0 Å². The van der Waals surface area contributed by atoms with E-state index in [0.717, 1.165) is 0 Å². The maximum absolute atomic E-state index is 10.5. The molecule has 0 spiro atoms. The first-order valence-corrected chi connectivity index (χ1v) is 5.89. The molecule has 2 unspecified atom stereocenters. The molecule has 6 nitrogen and oxygen atoms in total. The molecule has 1 saturated carbocycles. The molecule has 6 atom stereocenters. The number of aliphatic hydroxyl groups excluding tert-OH is 4. The highest BCUT2D eigenvalue weighted by Gasteiger charge is 2.66. The van der Waals surface area contributed by atoms with Crippen LogP contribution in [0.15, 0.2) is 30.3 Å². The molecule has 0 radical (unpaired) electrons. The molecule has 5 N–H and O–H groups in total. The number of hydrogen-bond donors (Lipinski definition) is 5. The van der Waals surface area contributed by atoms with Gasteiger partial charge in [-0.3, -0.25) is 0 Å². The first-order valence-electron chi connectivity index (χ1n) is 5.89. The van der Waals surface area contributed by atoms with E-state index in [1.807, 2.05) is 0 Å². The smallest absolute Gasteiger partial charge is 0.151 e. The van der Waals surface area contributed by atoms with Crippen LogP contribution in [0.2, 0.25) is 0 Å². The molecule has 19 heavy (non-hydrogen) atoms. The van der Waals surface area contributed by atoms with Crippen LogP contribution >= 0.6 is 0 Å². The van der Waals surface area contributed by atoms with Crippen molar-refractivity contribution in [1.29, 1.82) is 0 Å². The molecular weight excluding hydrogens is 252 g/mol. The zero-order chi connectivity index (χ0) is 14.2. The Balaban J connectivity index is 2.35. The monoisotopic (exact) mass is 268 g/mol. The van der Waals surface area contributed by atoms with E-state index in [-0.39, 0.29) is 6.29 Å². The van der Waals surface area contributed by atoms with Crippen LogP contribution in [-0.2, 0) is 4.79 Å². The number of carbonyl (C=O) groups excluding carboxylic acids is 1. The third-order valence-corrected chi connectivity index (χ3v) is 3.73. The number of aliphatic hydroxyl groups is 5. The van der Waals surface area contributed by atoms with Gasteiger partial charge in [0.1, 0.15) is 23.9 Å². The molecule has 104 valence electrons. The van der Waals surface area contributed by atoms with Gasteiger partial charge in [-0.25, -0.2) is 0 Å². The fourth-order valence-corrected chi connectivity index (χ4v) is 2.63. The summed E-state index contributed by atoms with van der Waals surface area (Å²) in [4.78, 5) is 10.5. The van der Waals surface area contributed by atoms with Gasteiger partial charge in [-0.05, 0) is 5.56 Å². The largest absolute Gasteiger partial charge is 0.390 e. The Bertz CT molecular complexity index is 450. The lowest BCUT2D eigenvalue weighted by molar-refractivity contribution is -0.280. The number of benzene rings is 1. The second kappa shape index (κ2) is 4.99. The van der Waals surface area contributed by atoms with Crippen LogP contribution in [0.25, 0.3) is 0 Å². The van der Waals surface area contributed by atoms with Crippen LogP contribution in [0, 0.1) is 0 Å². The third-order valence-electron chi connectivity index (χ3n) is 3.73. The molecule has 0 aromatic heterocycles. The zero-order valence-electron chi connectivity index (χ0n) is 10.00. The van der Waals surface area contributed by atoms with Crippen LogP contribution in [0.3, 0.4) is 0 Å². The lowest BCUT2D eigenvalue weighted by Gasteiger charge is -2.56. The summed E-state index contributed by atoms with van der Waals surface area (Å²) in [5.74, 6) is -0.978. The van der Waals surface area contributed by atoms with Crippen molar-refractivity contribution in [3.05, 3.63) is 35.9 Å². The average Bonchev–Trinajstić information content (AvgIpc) is 2.46. The summed E-state index contributed by atoms with van der Waals surface area (Å²) in [5.41, 5.74) is -1.67. The molecule has 6 heteroatoms. The standard InChI is InChI=1S/C13H16O6/c14-6-8(15)11(17)13(19)9(10(16)12(13)18)7-4-2-1-3-5-7/h1-6,8-12,15-19H/t8-,9?,10?,11-,12+,13-/m0/s1. The fraction of sp³-hybridized carbons (Fsp3) is 0.462. The van der Waals surface area contributed by atoms with Gasteiger partial charge in [0, 0.05) is 5.92 Å². The average molecular weight is 268 g/mol. The lowest BCUT2D eigenvalue weighted by Crippen LogP contribution is -2.75. The van der Waals surface area contributed by atoms with Crippen molar-refractivity contribution in [3.63, 3.8) is 0 Å². The van der Waals surface area contributed by atoms with E-state index in [1.54, 1.807) is 30.3 Å². The molecule has 1 aliphatic carbocycles. The Morgan fingerprint density at radius 1 is 1.16 bits per heavy atom. The van der Waals surface area contributed by atoms with Crippen molar-refractivity contribution in [2.24, 2.45) is 0 Å². The fourth-order valence-electron chi connectivity index (χ4n) is 2.63. The second-order valence-electron chi connectivity index (χ2n) is 4.78. The SMILES string of the molecule is O=C[C@H](O)[C@H](O)[C@@]1(O)C(c2ccccc2)C(O)[C@H]1O. The normalized spacial score (nSPS) is 37.2. The minimum atomic E-state index is -2.17. The van der Waals surface area contributed by atoms with Gasteiger partial charge in [0.05, 0.1) is 6.10 Å². The van der Waals surface area contributed by atoms with Gasteiger partial charge in [0.2, 0.25) is 0 Å². The second-order valence-corrected chi connectivity index (χ2v) is 4.78. The summed E-state index contributed by atoms with van der Waals surface area (Å²) in [6, 6.07) is 8.32. The minimum absolute atomic E-state index is 0.0715. The number of rotatable bonds is 4. The minimum Gasteiger partial charge on any atom is -0.390 e. The van der Waals surface area contributed by atoms with Crippen LogP contribution in [0.5, 0.6) is 0 Å². The van der Waals surface area contributed by atoms with Gasteiger partial charge >= 0.3 is 0 Å². The van der Waals surface area contributed by atoms with Crippen molar-refractivity contribution in [3.8, 4) is 0 Å². The van der Waals surface area contributed by atoms with E-state index >= 15 is 0 Å². The summed E-state index contributed by atoms with van der Waals surface area (Å²) < 4.78 is 0. The van der Waals surface area contributed by atoms with Crippen LogP contribution in [-0.4, -0.2) is 61.8 Å². The van der Waals surface area contributed by atoms with Crippen LogP contribution in [0.4, 0.5) is 0 Å². The Hall–Kier alpha value is -1.31. The molecular formula is C13H16O6. The highest BCUT2D eigenvalue weighted by molar-refractivity contribution is 5.57. The highest BCUT2D eigenvalue weighted by atomic mass is 16.4. The maximum Gasteiger partial charge on any atom is 0.151 e. The van der Waals surface area contributed by atoms with Gasteiger partial charge in [0.15, 0.2) is 6.29 Å². The summed E-state index contributed by atoms with van der Waals surface area (Å²) >= 11 is 0. The van der Waals surface area contributed by atoms with Crippen molar-refractivity contribution in [2.75, 3.05) is 0 Å². The Morgan fingerprint density at radius 2 is 1.74 bits per heavy atom. The molecule has 0 bridgehead atoms. The van der Waals surface area contributed by atoms with Gasteiger partial charge in [-0.2, -0.15) is 0 Å². The maximum atomic E-state index is 10.5. The summed E-state index contributed by atoms with van der Waals surface area (Å²) in [6.07, 6.45) is -6.56. The van der Waals surface area contributed by atoms with Crippen molar-refractivity contribution < 1.29 is 30.3 Å². The summed E-state index contributed by atoms with van der Waals surface area (Å²) in [7, 11) is 0. The molecule has 2 rings (SSSR count). The number of aldehydes is 1. The number of hydrogen-bond acceptors (Lipinski definition) is 6. The van der Waals surface area contributed by atoms with Gasteiger partial charge < -0.3 is 30.3 Å². The summed E-state index contributed by atoms with van der Waals surface area (Å²) in [6.45, 7) is 0. The van der Waals surface area contributed by atoms with E-state index in [2.05, 4.69) is 0 Å². The van der Waals surface area contributed by atoms with E-state index in [4.69, 9.17) is 0 Å². The first kappa shape index (κ1) is 14.1. The van der Waals surface area contributed by atoms with E-state index in [9.17, 15) is 30.3 Å². The first-order chi connectivity index (χ1) is 8.94. The molecule has 1 aliphatic rings. The van der Waals surface area contributed by atoms with Gasteiger partial charge in [-0.15, -0.1) is 0 Å². The van der Waals surface area contributed by atoms with Crippen molar-refractivity contribution in [2.45, 2.75) is 35.9 Å². The molecule has 0 saturated heterocycles. The Kier molecular flexibility index (Phi) is 3.71. The predicted molar refractivity (Wildman–Crippen MR) is 64.2 cm³/mol. The molecule has 0 heterocycles. The predicted octanol–water partition coefficient (Wildman–Crippen LogP) is -1.84. The molecule has 0 amide bonds. The van der Waals surface area contributed by atoms with Crippen molar-refractivity contribution >= 4 is 6.29 Å². The number of carbonyl (C=O) groups is 1.